The third kappa shape index (κ3) is 5.14. The van der Waals surface area contributed by atoms with Gasteiger partial charge in [-0.05, 0) is 63.7 Å². The van der Waals surface area contributed by atoms with Crippen LogP contribution in [-0.2, 0) is 10.0 Å². The van der Waals surface area contributed by atoms with E-state index in [0.717, 1.165) is 38.4 Å². The Balaban J connectivity index is 0.00000288. The Bertz CT molecular complexity index is 688. The molecule has 0 aromatic heterocycles. The summed E-state index contributed by atoms with van der Waals surface area (Å²) in [5.41, 5.74) is 0.798. The summed E-state index contributed by atoms with van der Waals surface area (Å²) in [6.07, 6.45) is 2.98. The van der Waals surface area contributed by atoms with Crippen LogP contribution in [0.1, 0.15) is 30.4 Å². The van der Waals surface area contributed by atoms with Gasteiger partial charge >= 0.3 is 0 Å². The van der Waals surface area contributed by atoms with Crippen molar-refractivity contribution >= 4 is 28.1 Å². The van der Waals surface area contributed by atoms with Crippen LogP contribution in [0.3, 0.4) is 0 Å². The van der Waals surface area contributed by atoms with Gasteiger partial charge in [0.15, 0.2) is 0 Å². The zero-order chi connectivity index (χ0) is 17.0. The van der Waals surface area contributed by atoms with E-state index >= 15 is 0 Å². The Kier molecular flexibility index (Phi) is 7.59. The van der Waals surface area contributed by atoms with Gasteiger partial charge in [0.2, 0.25) is 10.0 Å². The van der Waals surface area contributed by atoms with Crippen LogP contribution in [0.2, 0.25) is 0 Å². The van der Waals surface area contributed by atoms with Gasteiger partial charge in [-0.15, -0.1) is 12.4 Å². The summed E-state index contributed by atoms with van der Waals surface area (Å²) in [7, 11) is -3.74. The lowest BCUT2D eigenvalue weighted by Gasteiger charge is -2.22. The summed E-state index contributed by atoms with van der Waals surface area (Å²) in [6, 6.07) is 2.69. The second kappa shape index (κ2) is 8.75. The van der Waals surface area contributed by atoms with Gasteiger partial charge < -0.3 is 5.32 Å². The highest BCUT2D eigenvalue weighted by molar-refractivity contribution is 7.89. The number of piperidine rings is 1. The topological polar surface area (TPSA) is 101 Å². The molecule has 1 fully saturated rings. The first-order valence-corrected chi connectivity index (χ1v) is 9.25. The minimum atomic E-state index is -3.74. The van der Waals surface area contributed by atoms with Crippen molar-refractivity contribution in [3.63, 3.8) is 0 Å². The lowest BCUT2D eigenvalue weighted by Crippen LogP contribution is -2.33. The summed E-state index contributed by atoms with van der Waals surface area (Å²) in [5.74, 6) is 0.472. The monoisotopic (exact) mass is 377 g/mol. The number of nitrogens with one attached hydrogen (secondary N) is 2. The Morgan fingerprint density at radius 1 is 1.33 bits per heavy atom. The first-order valence-electron chi connectivity index (χ1n) is 7.77. The number of rotatable bonds is 6. The molecule has 0 amide bonds. The minimum Gasteiger partial charge on any atom is -0.316 e. The van der Waals surface area contributed by atoms with Gasteiger partial charge in [-0.2, -0.15) is 0 Å². The molecule has 0 saturated carbocycles. The maximum atomic E-state index is 12.4. The van der Waals surface area contributed by atoms with E-state index in [0.29, 0.717) is 23.6 Å². The first-order chi connectivity index (χ1) is 10.8. The molecule has 7 nitrogen and oxygen atoms in total. The summed E-state index contributed by atoms with van der Waals surface area (Å²) in [6.45, 7) is 5.53. The summed E-state index contributed by atoms with van der Waals surface area (Å²) in [5, 5.41) is 14.3. The van der Waals surface area contributed by atoms with Crippen LogP contribution in [-0.4, -0.2) is 33.0 Å². The largest absolute Gasteiger partial charge is 0.316 e. The molecule has 24 heavy (non-hydrogen) atoms. The van der Waals surface area contributed by atoms with Crippen LogP contribution in [0.25, 0.3) is 0 Å². The van der Waals surface area contributed by atoms with Crippen molar-refractivity contribution in [3.05, 3.63) is 33.4 Å². The van der Waals surface area contributed by atoms with E-state index in [4.69, 9.17) is 0 Å². The second-order valence-electron chi connectivity index (χ2n) is 6.06. The molecule has 1 aliphatic rings. The predicted molar refractivity (Wildman–Crippen MR) is 95.2 cm³/mol. The lowest BCUT2D eigenvalue weighted by molar-refractivity contribution is -0.385. The maximum absolute atomic E-state index is 12.4. The van der Waals surface area contributed by atoms with Gasteiger partial charge in [0.25, 0.3) is 5.69 Å². The predicted octanol–water partition coefficient (Wildman–Crippen LogP) is 2.30. The fourth-order valence-electron chi connectivity index (χ4n) is 2.95. The van der Waals surface area contributed by atoms with Crippen LogP contribution in [0.15, 0.2) is 17.0 Å². The fourth-order valence-corrected chi connectivity index (χ4v) is 4.25. The number of halogens is 1. The highest BCUT2D eigenvalue weighted by Gasteiger charge is 2.23. The van der Waals surface area contributed by atoms with E-state index in [1.165, 1.54) is 6.07 Å². The van der Waals surface area contributed by atoms with Crippen molar-refractivity contribution in [2.75, 3.05) is 19.6 Å². The Morgan fingerprint density at radius 2 is 2.04 bits per heavy atom. The van der Waals surface area contributed by atoms with E-state index in [2.05, 4.69) is 10.0 Å². The van der Waals surface area contributed by atoms with Crippen molar-refractivity contribution in [1.29, 1.82) is 0 Å². The molecule has 1 saturated heterocycles. The van der Waals surface area contributed by atoms with Crippen LogP contribution < -0.4 is 10.0 Å². The molecule has 2 N–H and O–H groups in total. The number of benzene rings is 1. The van der Waals surface area contributed by atoms with Gasteiger partial charge in [-0.3, -0.25) is 10.1 Å². The summed E-state index contributed by atoms with van der Waals surface area (Å²) < 4.78 is 27.4. The Hall–Kier alpha value is -1.22. The molecule has 1 unspecified atom stereocenters. The van der Waals surface area contributed by atoms with Gasteiger partial charge in [-0.25, -0.2) is 13.1 Å². The molecule has 0 radical (unpaired) electrons. The van der Waals surface area contributed by atoms with E-state index in [1.807, 2.05) is 0 Å². The zero-order valence-electron chi connectivity index (χ0n) is 13.9. The molecule has 1 aromatic carbocycles. The average Bonchev–Trinajstić information content (AvgIpc) is 2.47. The average molecular weight is 378 g/mol. The number of hydrogen-bond donors (Lipinski definition) is 2. The van der Waals surface area contributed by atoms with Crippen LogP contribution in [0.4, 0.5) is 5.69 Å². The number of hydrogen-bond acceptors (Lipinski definition) is 5. The number of nitrogens with zero attached hydrogens (tertiary/aromatic N) is 1. The zero-order valence-corrected chi connectivity index (χ0v) is 15.5. The van der Waals surface area contributed by atoms with E-state index in [9.17, 15) is 18.5 Å². The molecule has 2 rings (SSSR count). The molecule has 1 atom stereocenters. The molecular formula is C15H24ClN3O4S. The van der Waals surface area contributed by atoms with E-state index < -0.39 is 14.9 Å². The fraction of sp³-hybridized carbons (Fsp3) is 0.600. The molecular weight excluding hydrogens is 354 g/mol. The SMILES string of the molecule is Cc1cc(C)c(S(=O)(=O)NCCC2CCCNC2)cc1[N+](=O)[O-].Cl. The van der Waals surface area contributed by atoms with Crippen LogP contribution in [0.5, 0.6) is 0 Å². The van der Waals surface area contributed by atoms with Crippen LogP contribution in [0, 0.1) is 29.9 Å². The molecule has 0 aliphatic carbocycles. The van der Waals surface area contributed by atoms with Crippen molar-refractivity contribution in [2.45, 2.75) is 38.0 Å². The van der Waals surface area contributed by atoms with Gasteiger partial charge in [0.1, 0.15) is 0 Å². The summed E-state index contributed by atoms with van der Waals surface area (Å²) >= 11 is 0. The van der Waals surface area contributed by atoms with Gasteiger partial charge in [-0.1, -0.05) is 0 Å². The quantitative estimate of drug-likeness (QED) is 0.585. The standard InChI is InChI=1S/C15H23N3O4S.ClH/c1-11-8-12(2)15(9-14(11)18(19)20)23(21,22)17-7-5-13-4-3-6-16-10-13;/h8-9,13,16-17H,3-7,10H2,1-2H3;1H. The third-order valence-corrected chi connectivity index (χ3v) is 5.83. The molecule has 1 aromatic rings. The van der Waals surface area contributed by atoms with Crippen LogP contribution >= 0.6 is 12.4 Å². The van der Waals surface area contributed by atoms with Gasteiger partial charge in [0, 0.05) is 18.2 Å². The normalized spacial score (nSPS) is 18.0. The van der Waals surface area contributed by atoms with E-state index in [1.54, 1.807) is 13.8 Å². The number of nitro benzene ring substituents is 1. The maximum Gasteiger partial charge on any atom is 0.273 e. The Labute approximate surface area is 148 Å². The molecule has 1 aliphatic heterocycles. The highest BCUT2D eigenvalue weighted by Crippen LogP contribution is 2.26. The van der Waals surface area contributed by atoms with Crippen molar-refractivity contribution in [2.24, 2.45) is 5.92 Å². The second-order valence-corrected chi connectivity index (χ2v) is 7.80. The lowest BCUT2D eigenvalue weighted by atomic mass is 9.96. The minimum absolute atomic E-state index is 0. The number of sulfonamides is 1. The molecule has 0 spiro atoms. The van der Waals surface area contributed by atoms with Gasteiger partial charge in [0.05, 0.1) is 9.82 Å². The van der Waals surface area contributed by atoms with Crippen molar-refractivity contribution in [1.82, 2.24) is 10.0 Å². The first kappa shape index (κ1) is 20.8. The molecule has 0 bridgehead atoms. The highest BCUT2D eigenvalue weighted by atomic mass is 35.5. The van der Waals surface area contributed by atoms with Crippen molar-refractivity contribution in [3.8, 4) is 0 Å². The third-order valence-electron chi connectivity index (χ3n) is 4.22. The number of nitro groups is 1. The molecule has 136 valence electrons. The summed E-state index contributed by atoms with van der Waals surface area (Å²) in [4.78, 5) is 10.4. The van der Waals surface area contributed by atoms with Crippen molar-refractivity contribution < 1.29 is 13.3 Å². The molecule has 9 heteroatoms. The Morgan fingerprint density at radius 3 is 2.62 bits per heavy atom. The number of aryl methyl sites for hydroxylation is 2. The molecule has 1 heterocycles. The smallest absolute Gasteiger partial charge is 0.273 e. The van der Waals surface area contributed by atoms with E-state index in [-0.39, 0.29) is 23.0 Å².